The number of nitrogens with one attached hydrogen (secondary N) is 1. The summed E-state index contributed by atoms with van der Waals surface area (Å²) in [5.74, 6) is -0.237. The molecule has 2 rings (SSSR count). The van der Waals surface area contributed by atoms with Crippen LogP contribution in [0.4, 0.5) is 4.39 Å². The Morgan fingerprint density at radius 1 is 1.25 bits per heavy atom. The number of halogens is 1. The predicted molar refractivity (Wildman–Crippen MR) is 61.7 cm³/mol. The summed E-state index contributed by atoms with van der Waals surface area (Å²) in [5, 5.41) is 13.8. The first kappa shape index (κ1) is 11.6. The minimum Gasteiger partial charge on any atom is -0.388 e. The Morgan fingerprint density at radius 2 is 1.88 bits per heavy atom. The predicted octanol–water partition coefficient (Wildman–Crippen LogP) is 1.73. The maximum atomic E-state index is 12.8. The maximum absolute atomic E-state index is 12.8. The van der Waals surface area contributed by atoms with Crippen molar-refractivity contribution in [2.45, 2.75) is 25.9 Å². The molecule has 0 saturated carbocycles. The minimum absolute atomic E-state index is 0.151. The van der Waals surface area contributed by atoms with Crippen molar-refractivity contribution in [3.05, 3.63) is 35.6 Å². The quantitative estimate of drug-likeness (QED) is 0.800. The van der Waals surface area contributed by atoms with Crippen LogP contribution in [0.1, 0.15) is 19.4 Å². The molecule has 0 radical (unpaired) electrons. The lowest BCUT2D eigenvalue weighted by molar-refractivity contribution is -0.0264. The highest BCUT2D eigenvalue weighted by Gasteiger charge is 2.47. The summed E-state index contributed by atoms with van der Waals surface area (Å²) in [6.45, 7) is 5.51. The van der Waals surface area contributed by atoms with E-state index in [0.717, 1.165) is 12.1 Å². The van der Waals surface area contributed by atoms with Crippen LogP contribution in [0, 0.1) is 11.2 Å². The molecule has 1 fully saturated rings. The van der Waals surface area contributed by atoms with Crippen LogP contribution < -0.4 is 5.32 Å². The Kier molecular flexibility index (Phi) is 2.76. The van der Waals surface area contributed by atoms with Gasteiger partial charge in [0.2, 0.25) is 0 Å². The van der Waals surface area contributed by atoms with E-state index in [0.29, 0.717) is 13.0 Å². The van der Waals surface area contributed by atoms with E-state index in [1.165, 1.54) is 12.1 Å². The van der Waals surface area contributed by atoms with Crippen molar-refractivity contribution in [2.24, 2.45) is 5.41 Å². The Bertz CT molecular complexity index is 374. The van der Waals surface area contributed by atoms with Crippen LogP contribution in [0.15, 0.2) is 24.3 Å². The molecule has 1 heterocycles. The monoisotopic (exact) mass is 223 g/mol. The van der Waals surface area contributed by atoms with E-state index in [1.54, 1.807) is 12.1 Å². The molecule has 3 heteroatoms. The largest absolute Gasteiger partial charge is 0.388 e. The lowest BCUT2D eigenvalue weighted by Gasteiger charge is -2.35. The molecule has 0 aliphatic carbocycles. The average Bonchev–Trinajstić information content (AvgIpc) is 2.45. The standard InChI is InChI=1S/C13H18FNO/c1-12(2)8-15-9-13(12,16)7-10-3-5-11(14)6-4-10/h3-6,15-16H,7-9H2,1-2H3. The van der Waals surface area contributed by atoms with Crippen LogP contribution in [0.5, 0.6) is 0 Å². The van der Waals surface area contributed by atoms with Crippen LogP contribution in [-0.2, 0) is 6.42 Å². The first-order valence-corrected chi connectivity index (χ1v) is 5.61. The highest BCUT2D eigenvalue weighted by atomic mass is 19.1. The van der Waals surface area contributed by atoms with Crippen molar-refractivity contribution < 1.29 is 9.50 Å². The van der Waals surface area contributed by atoms with E-state index in [2.05, 4.69) is 19.2 Å². The van der Waals surface area contributed by atoms with Crippen molar-refractivity contribution in [1.82, 2.24) is 5.32 Å². The van der Waals surface area contributed by atoms with Gasteiger partial charge in [-0.05, 0) is 17.7 Å². The Labute approximate surface area is 95.5 Å². The number of rotatable bonds is 2. The smallest absolute Gasteiger partial charge is 0.123 e. The molecule has 2 N–H and O–H groups in total. The van der Waals surface area contributed by atoms with Gasteiger partial charge in [-0.3, -0.25) is 0 Å². The summed E-state index contributed by atoms with van der Waals surface area (Å²) >= 11 is 0. The summed E-state index contributed by atoms with van der Waals surface area (Å²) < 4.78 is 12.8. The molecule has 2 nitrogen and oxygen atoms in total. The molecule has 0 amide bonds. The van der Waals surface area contributed by atoms with Crippen LogP contribution in [0.2, 0.25) is 0 Å². The molecule has 16 heavy (non-hydrogen) atoms. The molecule has 1 aromatic carbocycles. The summed E-state index contributed by atoms with van der Waals surface area (Å²) in [6.07, 6.45) is 0.563. The molecule has 0 aromatic heterocycles. The molecule has 0 bridgehead atoms. The van der Waals surface area contributed by atoms with E-state index in [4.69, 9.17) is 0 Å². The highest BCUT2D eigenvalue weighted by Crippen LogP contribution is 2.36. The van der Waals surface area contributed by atoms with Crippen LogP contribution in [-0.4, -0.2) is 23.8 Å². The van der Waals surface area contributed by atoms with Gasteiger partial charge in [-0.15, -0.1) is 0 Å². The zero-order valence-electron chi connectivity index (χ0n) is 9.76. The second-order valence-corrected chi connectivity index (χ2v) is 5.32. The number of β-amino-alcohol motifs (C(OH)–C–C–N with tert-alkyl or cyclic N) is 1. The van der Waals surface area contributed by atoms with Crippen LogP contribution in [0.25, 0.3) is 0 Å². The van der Waals surface area contributed by atoms with Gasteiger partial charge in [0.25, 0.3) is 0 Å². The molecular weight excluding hydrogens is 205 g/mol. The van der Waals surface area contributed by atoms with Crippen LogP contribution >= 0.6 is 0 Å². The second kappa shape index (κ2) is 3.82. The van der Waals surface area contributed by atoms with E-state index in [9.17, 15) is 9.50 Å². The number of benzene rings is 1. The minimum atomic E-state index is -0.745. The fourth-order valence-electron chi connectivity index (χ4n) is 2.23. The molecule has 1 atom stereocenters. The van der Waals surface area contributed by atoms with Gasteiger partial charge in [0.1, 0.15) is 5.82 Å². The normalized spacial score (nSPS) is 28.2. The highest BCUT2D eigenvalue weighted by molar-refractivity contribution is 5.20. The van der Waals surface area contributed by atoms with Crippen molar-refractivity contribution in [3.8, 4) is 0 Å². The van der Waals surface area contributed by atoms with E-state index in [1.807, 2.05) is 0 Å². The third-order valence-corrected chi connectivity index (χ3v) is 3.65. The Hall–Kier alpha value is -0.930. The topological polar surface area (TPSA) is 32.3 Å². The third-order valence-electron chi connectivity index (χ3n) is 3.65. The van der Waals surface area contributed by atoms with Crippen molar-refractivity contribution in [1.29, 1.82) is 0 Å². The molecule has 1 saturated heterocycles. The average molecular weight is 223 g/mol. The van der Waals surface area contributed by atoms with Gasteiger partial charge in [0.05, 0.1) is 5.60 Å². The summed E-state index contributed by atoms with van der Waals surface area (Å²) in [7, 11) is 0. The zero-order chi connectivity index (χ0) is 11.8. The molecule has 1 aromatic rings. The first-order chi connectivity index (χ1) is 7.43. The van der Waals surface area contributed by atoms with Gasteiger partial charge in [-0.1, -0.05) is 26.0 Å². The van der Waals surface area contributed by atoms with Crippen molar-refractivity contribution in [2.75, 3.05) is 13.1 Å². The maximum Gasteiger partial charge on any atom is 0.123 e. The summed E-state index contributed by atoms with van der Waals surface area (Å²) in [5.41, 5.74) is 0.0762. The molecule has 1 aliphatic heterocycles. The van der Waals surface area contributed by atoms with E-state index >= 15 is 0 Å². The fraction of sp³-hybridized carbons (Fsp3) is 0.538. The number of hydrogen-bond acceptors (Lipinski definition) is 2. The zero-order valence-corrected chi connectivity index (χ0v) is 9.76. The molecule has 1 aliphatic rings. The molecular formula is C13H18FNO. The summed E-state index contributed by atoms with van der Waals surface area (Å²) in [6, 6.07) is 6.35. The Balaban J connectivity index is 2.18. The van der Waals surface area contributed by atoms with Gasteiger partial charge in [-0.25, -0.2) is 4.39 Å². The van der Waals surface area contributed by atoms with Gasteiger partial charge in [0, 0.05) is 24.9 Å². The SMILES string of the molecule is CC1(C)CNCC1(O)Cc1ccc(F)cc1. The van der Waals surface area contributed by atoms with Gasteiger partial charge in [-0.2, -0.15) is 0 Å². The van der Waals surface area contributed by atoms with Crippen molar-refractivity contribution in [3.63, 3.8) is 0 Å². The van der Waals surface area contributed by atoms with Gasteiger partial charge < -0.3 is 10.4 Å². The molecule has 1 unspecified atom stereocenters. The number of hydrogen-bond donors (Lipinski definition) is 2. The van der Waals surface area contributed by atoms with E-state index in [-0.39, 0.29) is 11.2 Å². The Morgan fingerprint density at radius 3 is 2.38 bits per heavy atom. The number of aliphatic hydroxyl groups is 1. The van der Waals surface area contributed by atoms with Crippen molar-refractivity contribution >= 4 is 0 Å². The molecule has 88 valence electrons. The van der Waals surface area contributed by atoms with E-state index < -0.39 is 5.60 Å². The first-order valence-electron chi connectivity index (χ1n) is 5.61. The summed E-state index contributed by atoms with van der Waals surface area (Å²) in [4.78, 5) is 0. The fourth-order valence-corrected chi connectivity index (χ4v) is 2.23. The second-order valence-electron chi connectivity index (χ2n) is 5.32. The third kappa shape index (κ3) is 1.97. The van der Waals surface area contributed by atoms with Crippen LogP contribution in [0.3, 0.4) is 0 Å². The lowest BCUT2D eigenvalue weighted by Crippen LogP contribution is -2.45. The molecule has 0 spiro atoms. The van der Waals surface area contributed by atoms with Gasteiger partial charge in [0.15, 0.2) is 0 Å². The lowest BCUT2D eigenvalue weighted by atomic mass is 9.74. The van der Waals surface area contributed by atoms with Gasteiger partial charge >= 0.3 is 0 Å².